The Morgan fingerprint density at radius 1 is 1.21 bits per heavy atom. The minimum Gasteiger partial charge on any atom is -0.493 e. The maximum atomic E-state index is 5.95. The molecule has 1 aliphatic heterocycles. The summed E-state index contributed by atoms with van der Waals surface area (Å²) in [4.78, 5) is 2.45. The van der Waals surface area contributed by atoms with Crippen LogP contribution in [0.25, 0.3) is 0 Å². The van der Waals surface area contributed by atoms with Crippen molar-refractivity contribution in [2.75, 3.05) is 27.4 Å². The van der Waals surface area contributed by atoms with Gasteiger partial charge in [0.15, 0.2) is 11.5 Å². The van der Waals surface area contributed by atoms with Crippen LogP contribution in [0.2, 0.25) is 0 Å². The Bertz CT molecular complexity index is 810. The van der Waals surface area contributed by atoms with Gasteiger partial charge in [-0.3, -0.25) is 9.58 Å². The van der Waals surface area contributed by atoms with Crippen LogP contribution in [-0.2, 0) is 17.8 Å². The van der Waals surface area contributed by atoms with Crippen molar-refractivity contribution in [2.24, 2.45) is 0 Å². The number of methoxy groups -OCH3 is 2. The second-order valence-electron chi connectivity index (χ2n) is 8.14. The van der Waals surface area contributed by atoms with Crippen molar-refractivity contribution in [3.8, 4) is 11.5 Å². The summed E-state index contributed by atoms with van der Waals surface area (Å²) in [5.41, 5.74) is 4.77. The summed E-state index contributed by atoms with van der Waals surface area (Å²) in [6, 6.07) is 6.43. The second kappa shape index (κ2) is 9.63. The molecule has 2 heterocycles. The Hall–Kier alpha value is -2.05. The first-order chi connectivity index (χ1) is 13.9. The number of aromatic nitrogens is 2. The zero-order chi connectivity index (χ0) is 21.0. The molecule has 0 N–H and O–H groups in total. The van der Waals surface area contributed by atoms with Crippen molar-refractivity contribution >= 4 is 0 Å². The van der Waals surface area contributed by atoms with Gasteiger partial charge >= 0.3 is 0 Å². The molecular formula is C23H35N3O3. The smallest absolute Gasteiger partial charge is 0.165 e. The van der Waals surface area contributed by atoms with Crippen molar-refractivity contribution in [1.82, 2.24) is 14.7 Å². The van der Waals surface area contributed by atoms with E-state index in [2.05, 4.69) is 43.3 Å². The fourth-order valence-corrected chi connectivity index (χ4v) is 4.23. The number of nitrogens with zero attached hydrogens (tertiary/aromatic N) is 3. The number of ether oxygens (including phenoxy) is 3. The van der Waals surface area contributed by atoms with Crippen molar-refractivity contribution in [3.05, 3.63) is 40.7 Å². The lowest BCUT2D eigenvalue weighted by Crippen LogP contribution is -2.32. The molecule has 1 aliphatic rings. The predicted octanol–water partition coefficient (Wildman–Crippen LogP) is 4.28. The summed E-state index contributed by atoms with van der Waals surface area (Å²) in [7, 11) is 3.38. The minimum absolute atomic E-state index is 0.285. The molecule has 1 saturated heterocycles. The molecule has 0 spiro atoms. The average molecular weight is 402 g/mol. The van der Waals surface area contributed by atoms with E-state index in [9.17, 15) is 0 Å². The molecule has 1 atom stereocenters. The zero-order valence-electron chi connectivity index (χ0n) is 18.7. The third kappa shape index (κ3) is 4.93. The molecule has 0 bridgehead atoms. The third-order valence-corrected chi connectivity index (χ3v) is 5.71. The monoisotopic (exact) mass is 401 g/mol. The highest BCUT2D eigenvalue weighted by Crippen LogP contribution is 2.32. The van der Waals surface area contributed by atoms with Crippen molar-refractivity contribution in [3.63, 3.8) is 0 Å². The number of hydrogen-bond acceptors (Lipinski definition) is 5. The van der Waals surface area contributed by atoms with E-state index in [0.29, 0.717) is 6.04 Å². The normalized spacial score (nSPS) is 16.8. The highest BCUT2D eigenvalue weighted by Gasteiger charge is 2.23. The summed E-state index contributed by atoms with van der Waals surface area (Å²) in [6.45, 7) is 12.0. The molecule has 0 radical (unpaired) electrons. The first-order valence-electron chi connectivity index (χ1n) is 10.5. The van der Waals surface area contributed by atoms with Crippen LogP contribution in [0.15, 0.2) is 18.2 Å². The molecular weight excluding hydrogens is 366 g/mol. The Balaban J connectivity index is 1.88. The van der Waals surface area contributed by atoms with Gasteiger partial charge in [-0.2, -0.15) is 5.10 Å². The molecule has 3 rings (SSSR count). The number of para-hydroxylation sites is 1. The van der Waals surface area contributed by atoms with Crippen LogP contribution in [-0.4, -0.2) is 48.2 Å². The molecule has 1 aromatic carbocycles. The van der Waals surface area contributed by atoms with Gasteiger partial charge in [0.1, 0.15) is 0 Å². The van der Waals surface area contributed by atoms with Gasteiger partial charge in [-0.05, 0) is 46.6 Å². The van der Waals surface area contributed by atoms with Crippen LogP contribution in [0.3, 0.4) is 0 Å². The van der Waals surface area contributed by atoms with E-state index >= 15 is 0 Å². The SMILES string of the molecule is COc1cccc(CN(Cc2c(C)nn(C(C)C)c2C)CC2CCCO2)c1OC. The largest absolute Gasteiger partial charge is 0.493 e. The maximum absolute atomic E-state index is 5.95. The lowest BCUT2D eigenvalue weighted by molar-refractivity contribution is 0.0674. The van der Waals surface area contributed by atoms with Gasteiger partial charge in [0.05, 0.1) is 26.0 Å². The van der Waals surface area contributed by atoms with Gasteiger partial charge in [-0.25, -0.2) is 0 Å². The highest BCUT2D eigenvalue weighted by molar-refractivity contribution is 5.46. The molecule has 1 aromatic heterocycles. The molecule has 160 valence electrons. The summed E-state index contributed by atoms with van der Waals surface area (Å²) in [5, 5.41) is 4.78. The van der Waals surface area contributed by atoms with Crippen LogP contribution in [0, 0.1) is 13.8 Å². The van der Waals surface area contributed by atoms with E-state index in [0.717, 1.165) is 61.8 Å². The van der Waals surface area contributed by atoms with Crippen molar-refractivity contribution < 1.29 is 14.2 Å². The number of benzene rings is 1. The van der Waals surface area contributed by atoms with E-state index in [-0.39, 0.29) is 6.10 Å². The Labute approximate surface area is 174 Å². The molecule has 6 nitrogen and oxygen atoms in total. The lowest BCUT2D eigenvalue weighted by Gasteiger charge is -2.26. The zero-order valence-corrected chi connectivity index (χ0v) is 18.7. The van der Waals surface area contributed by atoms with Gasteiger partial charge < -0.3 is 14.2 Å². The van der Waals surface area contributed by atoms with Gasteiger partial charge in [-0.15, -0.1) is 0 Å². The van der Waals surface area contributed by atoms with Crippen molar-refractivity contribution in [1.29, 1.82) is 0 Å². The first-order valence-corrected chi connectivity index (χ1v) is 10.5. The molecule has 0 amide bonds. The molecule has 0 aliphatic carbocycles. The van der Waals surface area contributed by atoms with Gasteiger partial charge in [0, 0.05) is 49.1 Å². The van der Waals surface area contributed by atoms with Crippen LogP contribution >= 0.6 is 0 Å². The summed E-state index contributed by atoms with van der Waals surface area (Å²) >= 11 is 0. The summed E-state index contributed by atoms with van der Waals surface area (Å²) < 4.78 is 19.2. The third-order valence-electron chi connectivity index (χ3n) is 5.71. The van der Waals surface area contributed by atoms with E-state index in [1.165, 1.54) is 11.3 Å². The quantitative estimate of drug-likeness (QED) is 0.628. The maximum Gasteiger partial charge on any atom is 0.165 e. The van der Waals surface area contributed by atoms with Gasteiger partial charge in [0.25, 0.3) is 0 Å². The molecule has 2 aromatic rings. The van der Waals surface area contributed by atoms with E-state index in [1.807, 2.05) is 12.1 Å². The van der Waals surface area contributed by atoms with Crippen LogP contribution in [0.4, 0.5) is 0 Å². The standard InChI is InChI=1S/C23H35N3O3/c1-16(2)26-18(4)21(17(3)24-26)15-25(14-20-10-8-12-29-20)13-19-9-7-11-22(27-5)23(19)28-6/h7,9,11,16,20H,8,10,12-15H2,1-6H3. The number of hydrogen-bond donors (Lipinski definition) is 0. The topological polar surface area (TPSA) is 48.8 Å². The van der Waals surface area contributed by atoms with Crippen LogP contribution in [0.5, 0.6) is 11.5 Å². The van der Waals surface area contributed by atoms with Gasteiger partial charge in [0.2, 0.25) is 0 Å². The Kier molecular flexibility index (Phi) is 7.19. The van der Waals surface area contributed by atoms with E-state index in [1.54, 1.807) is 14.2 Å². The Morgan fingerprint density at radius 3 is 2.59 bits per heavy atom. The van der Waals surface area contributed by atoms with Crippen LogP contribution < -0.4 is 9.47 Å². The van der Waals surface area contributed by atoms with E-state index in [4.69, 9.17) is 19.3 Å². The molecule has 1 unspecified atom stereocenters. The summed E-state index contributed by atoms with van der Waals surface area (Å²) in [6.07, 6.45) is 2.55. The van der Waals surface area contributed by atoms with Crippen LogP contribution in [0.1, 0.15) is 55.2 Å². The second-order valence-corrected chi connectivity index (χ2v) is 8.14. The number of aryl methyl sites for hydroxylation is 1. The molecule has 1 fully saturated rings. The number of rotatable bonds is 9. The van der Waals surface area contributed by atoms with Gasteiger partial charge in [-0.1, -0.05) is 12.1 Å². The van der Waals surface area contributed by atoms with E-state index < -0.39 is 0 Å². The summed E-state index contributed by atoms with van der Waals surface area (Å²) in [5.74, 6) is 1.57. The highest BCUT2D eigenvalue weighted by atomic mass is 16.5. The predicted molar refractivity (Wildman–Crippen MR) is 115 cm³/mol. The minimum atomic E-state index is 0.285. The first kappa shape index (κ1) is 21.7. The molecule has 29 heavy (non-hydrogen) atoms. The van der Waals surface area contributed by atoms with Crippen molar-refractivity contribution in [2.45, 2.75) is 65.8 Å². The Morgan fingerprint density at radius 2 is 2.00 bits per heavy atom. The average Bonchev–Trinajstić information content (AvgIpc) is 3.31. The fraction of sp³-hybridized carbons (Fsp3) is 0.609. The molecule has 6 heteroatoms. The molecule has 0 saturated carbocycles. The lowest BCUT2D eigenvalue weighted by atomic mass is 10.1. The fourth-order valence-electron chi connectivity index (χ4n) is 4.23.